The zero-order valence-electron chi connectivity index (χ0n) is 7.08. The Morgan fingerprint density at radius 2 is 1.23 bits per heavy atom. The molecule has 0 saturated carbocycles. The zero-order chi connectivity index (χ0) is 10.4. The number of aliphatic hydroxyl groups is 4. The molecular formula is C6H16N2O5. The number of aliphatic hydroxyl groups excluding tert-OH is 4. The lowest BCUT2D eigenvalue weighted by atomic mass is 10.3. The number of nitrogens with two attached hydrogens (primary N) is 2. The molecule has 0 aromatic rings. The van der Waals surface area contributed by atoms with Crippen molar-refractivity contribution in [2.24, 2.45) is 11.5 Å². The normalized spacial score (nSPS) is 20.8. The Morgan fingerprint density at radius 3 is 1.46 bits per heavy atom. The van der Waals surface area contributed by atoms with E-state index in [1.807, 2.05) is 0 Å². The van der Waals surface area contributed by atoms with Crippen molar-refractivity contribution >= 4 is 0 Å². The van der Waals surface area contributed by atoms with E-state index in [0.717, 1.165) is 0 Å². The van der Waals surface area contributed by atoms with Gasteiger partial charge in [0, 0.05) is 0 Å². The summed E-state index contributed by atoms with van der Waals surface area (Å²) >= 11 is 0. The molecule has 0 aromatic heterocycles. The zero-order valence-corrected chi connectivity index (χ0v) is 7.08. The van der Waals surface area contributed by atoms with Gasteiger partial charge in [0.25, 0.3) is 0 Å². The van der Waals surface area contributed by atoms with Gasteiger partial charge in [0.2, 0.25) is 0 Å². The van der Waals surface area contributed by atoms with Crippen molar-refractivity contribution in [1.82, 2.24) is 0 Å². The van der Waals surface area contributed by atoms with E-state index < -0.39 is 37.9 Å². The van der Waals surface area contributed by atoms with Crippen LogP contribution in [0.25, 0.3) is 0 Å². The third-order valence-electron chi connectivity index (χ3n) is 1.45. The topological polar surface area (TPSA) is 142 Å². The highest BCUT2D eigenvalue weighted by molar-refractivity contribution is 4.66. The van der Waals surface area contributed by atoms with Gasteiger partial charge in [0.05, 0.1) is 13.2 Å². The summed E-state index contributed by atoms with van der Waals surface area (Å²) in [6.45, 7) is -1.13. The van der Waals surface area contributed by atoms with E-state index in [1.165, 1.54) is 0 Å². The minimum Gasteiger partial charge on any atom is -0.394 e. The minimum atomic E-state index is -1.27. The summed E-state index contributed by atoms with van der Waals surface area (Å²) in [5.74, 6) is 0. The third kappa shape index (κ3) is 4.48. The molecule has 0 aromatic carbocycles. The second-order valence-corrected chi connectivity index (χ2v) is 2.57. The summed E-state index contributed by atoms with van der Waals surface area (Å²) in [7, 11) is 0. The molecule has 0 spiro atoms. The van der Waals surface area contributed by atoms with E-state index in [-0.39, 0.29) is 0 Å². The average Bonchev–Trinajstić information content (AvgIpc) is 2.14. The number of rotatable bonds is 6. The van der Waals surface area contributed by atoms with E-state index in [0.29, 0.717) is 0 Å². The van der Waals surface area contributed by atoms with Gasteiger partial charge in [-0.2, -0.15) is 0 Å². The maximum absolute atomic E-state index is 8.93. The molecule has 0 radical (unpaired) electrons. The fraction of sp³-hybridized carbons (Fsp3) is 1.00. The van der Waals surface area contributed by atoms with Crippen LogP contribution in [0.3, 0.4) is 0 Å². The maximum atomic E-state index is 8.93. The first-order valence-electron chi connectivity index (χ1n) is 3.77. The molecule has 0 rings (SSSR count). The van der Waals surface area contributed by atoms with E-state index >= 15 is 0 Å². The first-order valence-corrected chi connectivity index (χ1v) is 3.77. The monoisotopic (exact) mass is 196 g/mol. The first kappa shape index (κ1) is 12.7. The molecule has 0 amide bonds. The van der Waals surface area contributed by atoms with Crippen molar-refractivity contribution in [3.63, 3.8) is 0 Å². The standard InChI is InChI=1S/C6H16N2O5/c7-5(3(11)1-9)13-6(8)4(12)2-10/h3-6,9-12H,1-2,7-8H2. The summed E-state index contributed by atoms with van der Waals surface area (Å²) in [6.07, 6.45) is -4.92. The molecular weight excluding hydrogens is 180 g/mol. The van der Waals surface area contributed by atoms with Gasteiger partial charge < -0.3 is 36.6 Å². The number of ether oxygens (including phenoxy) is 1. The largest absolute Gasteiger partial charge is 0.394 e. The van der Waals surface area contributed by atoms with Crippen LogP contribution in [-0.4, -0.2) is 58.3 Å². The van der Waals surface area contributed by atoms with Crippen LogP contribution in [0.15, 0.2) is 0 Å². The summed E-state index contributed by atoms with van der Waals surface area (Å²) in [6, 6.07) is 0. The van der Waals surface area contributed by atoms with Crippen LogP contribution < -0.4 is 11.5 Å². The average molecular weight is 196 g/mol. The van der Waals surface area contributed by atoms with Gasteiger partial charge in [0.15, 0.2) is 0 Å². The Hall–Kier alpha value is -0.280. The summed E-state index contributed by atoms with van der Waals surface area (Å²) in [4.78, 5) is 0. The summed E-state index contributed by atoms with van der Waals surface area (Å²) in [5.41, 5.74) is 10.4. The molecule has 80 valence electrons. The molecule has 4 atom stereocenters. The highest BCUT2D eigenvalue weighted by Crippen LogP contribution is 1.98. The van der Waals surface area contributed by atoms with E-state index in [4.69, 9.17) is 36.6 Å². The highest BCUT2D eigenvalue weighted by Gasteiger charge is 2.21. The van der Waals surface area contributed by atoms with E-state index in [1.54, 1.807) is 0 Å². The summed E-state index contributed by atoms with van der Waals surface area (Å²) in [5, 5.41) is 34.8. The molecule has 0 heterocycles. The van der Waals surface area contributed by atoms with Gasteiger partial charge in [-0.15, -0.1) is 0 Å². The van der Waals surface area contributed by atoms with Crippen LogP contribution >= 0.6 is 0 Å². The quantitative estimate of drug-likeness (QED) is 0.240. The van der Waals surface area contributed by atoms with E-state index in [2.05, 4.69) is 0 Å². The summed E-state index contributed by atoms with van der Waals surface area (Å²) < 4.78 is 4.69. The molecule has 0 aliphatic rings. The van der Waals surface area contributed by atoms with Gasteiger partial charge in [0.1, 0.15) is 24.7 Å². The number of hydrogen-bond acceptors (Lipinski definition) is 7. The molecule has 0 bridgehead atoms. The van der Waals surface area contributed by atoms with Crippen molar-refractivity contribution in [3.8, 4) is 0 Å². The molecule has 0 aliphatic carbocycles. The number of hydrogen-bond donors (Lipinski definition) is 6. The second-order valence-electron chi connectivity index (χ2n) is 2.57. The lowest BCUT2D eigenvalue weighted by Crippen LogP contribution is -2.49. The highest BCUT2D eigenvalue weighted by atomic mass is 16.5. The van der Waals surface area contributed by atoms with Crippen LogP contribution in [0, 0.1) is 0 Å². The molecule has 0 aliphatic heterocycles. The minimum absolute atomic E-state index is 0.566. The van der Waals surface area contributed by atoms with Crippen molar-refractivity contribution < 1.29 is 25.2 Å². The first-order chi connectivity index (χ1) is 6.02. The van der Waals surface area contributed by atoms with Crippen molar-refractivity contribution in [3.05, 3.63) is 0 Å². The molecule has 8 N–H and O–H groups in total. The Morgan fingerprint density at radius 1 is 0.923 bits per heavy atom. The van der Waals surface area contributed by atoms with Gasteiger partial charge in [-0.3, -0.25) is 0 Å². The Kier molecular flexibility index (Phi) is 6.08. The SMILES string of the molecule is NC(OC(N)C(O)CO)C(O)CO. The van der Waals surface area contributed by atoms with Gasteiger partial charge >= 0.3 is 0 Å². The maximum Gasteiger partial charge on any atom is 0.136 e. The molecule has 0 fully saturated rings. The van der Waals surface area contributed by atoms with Crippen LogP contribution in [0.5, 0.6) is 0 Å². The van der Waals surface area contributed by atoms with Crippen LogP contribution in [-0.2, 0) is 4.74 Å². The lowest BCUT2D eigenvalue weighted by molar-refractivity contribution is -0.127. The van der Waals surface area contributed by atoms with Gasteiger partial charge in [-0.1, -0.05) is 0 Å². The van der Waals surface area contributed by atoms with Crippen molar-refractivity contribution in [2.75, 3.05) is 13.2 Å². The Bertz CT molecular complexity index is 122. The molecule has 13 heavy (non-hydrogen) atoms. The van der Waals surface area contributed by atoms with Crippen LogP contribution in [0.4, 0.5) is 0 Å². The van der Waals surface area contributed by atoms with Crippen LogP contribution in [0.2, 0.25) is 0 Å². The Balaban J connectivity index is 3.83. The lowest BCUT2D eigenvalue weighted by Gasteiger charge is -2.24. The van der Waals surface area contributed by atoms with Gasteiger partial charge in [-0.05, 0) is 0 Å². The smallest absolute Gasteiger partial charge is 0.136 e. The van der Waals surface area contributed by atoms with Gasteiger partial charge in [-0.25, -0.2) is 0 Å². The molecule has 0 saturated heterocycles. The predicted octanol–water partition coefficient (Wildman–Crippen LogP) is -3.72. The third-order valence-corrected chi connectivity index (χ3v) is 1.45. The fourth-order valence-electron chi connectivity index (χ4n) is 0.571. The molecule has 7 nitrogen and oxygen atoms in total. The second kappa shape index (κ2) is 6.22. The van der Waals surface area contributed by atoms with Crippen molar-refractivity contribution in [1.29, 1.82) is 0 Å². The fourth-order valence-corrected chi connectivity index (χ4v) is 0.571. The predicted molar refractivity (Wildman–Crippen MR) is 43.2 cm³/mol. The van der Waals surface area contributed by atoms with Crippen molar-refractivity contribution in [2.45, 2.75) is 24.7 Å². The van der Waals surface area contributed by atoms with Crippen LogP contribution in [0.1, 0.15) is 0 Å². The molecule has 4 unspecified atom stereocenters. The Labute approximate surface area is 75.5 Å². The van der Waals surface area contributed by atoms with E-state index in [9.17, 15) is 0 Å². The molecule has 7 heteroatoms.